The molecule has 0 aliphatic heterocycles. The van der Waals surface area contributed by atoms with E-state index in [4.69, 9.17) is 4.74 Å². The number of nitrogens with zero attached hydrogens (tertiary/aromatic N) is 2. The third-order valence-corrected chi connectivity index (χ3v) is 3.26. The highest BCUT2D eigenvalue weighted by Gasteiger charge is 2.21. The molecule has 1 heterocycles. The molecule has 0 radical (unpaired) electrons. The molecule has 19 heavy (non-hydrogen) atoms. The van der Waals surface area contributed by atoms with Crippen molar-refractivity contribution in [3.05, 3.63) is 23.6 Å². The van der Waals surface area contributed by atoms with Crippen molar-refractivity contribution in [1.29, 1.82) is 0 Å². The van der Waals surface area contributed by atoms with Crippen LogP contribution in [-0.2, 0) is 11.3 Å². The normalized spacial score (nSPS) is 14.7. The second-order valence-electron chi connectivity index (χ2n) is 5.11. The van der Waals surface area contributed by atoms with Crippen molar-refractivity contribution < 1.29 is 9.13 Å². The van der Waals surface area contributed by atoms with Gasteiger partial charge < -0.3 is 15.0 Å². The van der Waals surface area contributed by atoms with Crippen LogP contribution in [-0.4, -0.2) is 38.8 Å². The highest BCUT2D eigenvalue weighted by atomic mass is 19.1. The first-order chi connectivity index (χ1) is 9.20. The molecule has 1 aromatic rings. The highest BCUT2D eigenvalue weighted by Crippen LogP contribution is 2.28. The van der Waals surface area contributed by atoms with E-state index in [2.05, 4.69) is 10.3 Å². The molecule has 4 nitrogen and oxygen atoms in total. The molecule has 5 heteroatoms. The molecular formula is C14H22FN3O. The van der Waals surface area contributed by atoms with Crippen molar-refractivity contribution in [3.63, 3.8) is 0 Å². The molecule has 0 amide bonds. The number of nitrogens with one attached hydrogen (secondary N) is 1. The van der Waals surface area contributed by atoms with Gasteiger partial charge >= 0.3 is 0 Å². The van der Waals surface area contributed by atoms with Gasteiger partial charge in [-0.3, -0.25) is 0 Å². The van der Waals surface area contributed by atoms with Crippen molar-refractivity contribution in [3.8, 4) is 0 Å². The zero-order chi connectivity index (χ0) is 13.7. The zero-order valence-electron chi connectivity index (χ0n) is 11.7. The molecule has 0 unspecified atom stereocenters. The van der Waals surface area contributed by atoms with Gasteiger partial charge in [0.25, 0.3) is 0 Å². The Morgan fingerprint density at radius 1 is 1.53 bits per heavy atom. The van der Waals surface area contributed by atoms with Gasteiger partial charge in [-0.15, -0.1) is 0 Å². The van der Waals surface area contributed by atoms with Crippen LogP contribution in [0.4, 0.5) is 10.2 Å². The highest BCUT2D eigenvalue weighted by molar-refractivity contribution is 5.46. The molecule has 0 bridgehead atoms. The predicted molar refractivity (Wildman–Crippen MR) is 73.8 cm³/mol. The lowest BCUT2D eigenvalue weighted by Crippen LogP contribution is -2.26. The molecule has 1 aliphatic rings. The number of aromatic nitrogens is 1. The van der Waals surface area contributed by atoms with Crippen LogP contribution < -0.4 is 10.2 Å². The number of ether oxygens (including phenoxy) is 1. The van der Waals surface area contributed by atoms with E-state index < -0.39 is 0 Å². The summed E-state index contributed by atoms with van der Waals surface area (Å²) in [4.78, 5) is 6.19. The lowest BCUT2D eigenvalue weighted by atomic mass is 10.2. The van der Waals surface area contributed by atoms with Crippen molar-refractivity contribution in [2.45, 2.75) is 19.4 Å². The van der Waals surface area contributed by atoms with Crippen LogP contribution in [0.15, 0.2) is 12.3 Å². The predicted octanol–water partition coefficient (Wildman–Crippen LogP) is 1.80. The average Bonchev–Trinajstić information content (AvgIpc) is 3.19. The largest absolute Gasteiger partial charge is 0.379 e. The fourth-order valence-electron chi connectivity index (χ4n) is 1.98. The molecule has 0 aromatic carbocycles. The maximum Gasteiger partial charge on any atom is 0.141 e. The van der Waals surface area contributed by atoms with Crippen LogP contribution in [0.5, 0.6) is 0 Å². The van der Waals surface area contributed by atoms with E-state index in [9.17, 15) is 4.39 Å². The fraction of sp³-hybridized carbons (Fsp3) is 0.643. The maximum atomic E-state index is 13.2. The Labute approximate surface area is 114 Å². The standard InChI is InChI=1S/C14H22FN3O/c1-16-8-12-7-13(15)9-17-14(12)18(2)5-6-19-10-11-3-4-11/h7,9,11,16H,3-6,8,10H2,1-2H3. The first-order valence-electron chi connectivity index (χ1n) is 6.78. The van der Waals surface area contributed by atoms with Crippen LogP contribution >= 0.6 is 0 Å². The van der Waals surface area contributed by atoms with Gasteiger partial charge in [-0.2, -0.15) is 0 Å². The average molecular weight is 267 g/mol. The molecule has 106 valence electrons. The Morgan fingerprint density at radius 3 is 3.00 bits per heavy atom. The van der Waals surface area contributed by atoms with Crippen LogP contribution in [0.1, 0.15) is 18.4 Å². The van der Waals surface area contributed by atoms with Gasteiger partial charge in [0.05, 0.1) is 12.8 Å². The second kappa shape index (κ2) is 6.82. The molecule has 0 spiro atoms. The van der Waals surface area contributed by atoms with Gasteiger partial charge in [0.15, 0.2) is 0 Å². The summed E-state index contributed by atoms with van der Waals surface area (Å²) < 4.78 is 18.8. The van der Waals surface area contributed by atoms with Crippen LogP contribution in [0.25, 0.3) is 0 Å². The minimum atomic E-state index is -0.299. The number of hydrogen-bond acceptors (Lipinski definition) is 4. The topological polar surface area (TPSA) is 37.4 Å². The summed E-state index contributed by atoms with van der Waals surface area (Å²) in [5.74, 6) is 1.30. The van der Waals surface area contributed by atoms with E-state index in [0.29, 0.717) is 13.2 Å². The Hall–Kier alpha value is -1.20. The van der Waals surface area contributed by atoms with Crippen LogP contribution in [0.3, 0.4) is 0 Å². The van der Waals surface area contributed by atoms with Crippen LogP contribution in [0, 0.1) is 11.7 Å². The first-order valence-corrected chi connectivity index (χ1v) is 6.78. The number of pyridine rings is 1. The SMILES string of the molecule is CNCc1cc(F)cnc1N(C)CCOCC1CC1. The number of halogens is 1. The molecule has 0 saturated heterocycles. The van der Waals surface area contributed by atoms with Crippen LogP contribution in [0.2, 0.25) is 0 Å². The number of hydrogen-bond donors (Lipinski definition) is 1. The third-order valence-electron chi connectivity index (χ3n) is 3.26. The van der Waals surface area contributed by atoms with Crippen molar-refractivity contribution in [2.75, 3.05) is 38.8 Å². The number of rotatable bonds is 8. The van der Waals surface area contributed by atoms with E-state index in [0.717, 1.165) is 30.5 Å². The molecule has 2 rings (SSSR count). The summed E-state index contributed by atoms with van der Waals surface area (Å²) in [5.41, 5.74) is 0.868. The minimum absolute atomic E-state index is 0.299. The van der Waals surface area contributed by atoms with Crippen molar-refractivity contribution in [1.82, 2.24) is 10.3 Å². The van der Waals surface area contributed by atoms with Crippen molar-refractivity contribution in [2.24, 2.45) is 5.92 Å². The lowest BCUT2D eigenvalue weighted by Gasteiger charge is -2.21. The molecular weight excluding hydrogens is 245 g/mol. The second-order valence-corrected chi connectivity index (χ2v) is 5.11. The molecule has 1 aliphatic carbocycles. The molecule has 1 aromatic heterocycles. The molecule has 1 N–H and O–H groups in total. The minimum Gasteiger partial charge on any atom is -0.379 e. The van der Waals surface area contributed by atoms with Gasteiger partial charge in [-0.05, 0) is 31.9 Å². The Kier molecular flexibility index (Phi) is 5.10. The molecule has 1 saturated carbocycles. The smallest absolute Gasteiger partial charge is 0.141 e. The molecule has 1 fully saturated rings. The summed E-state index contributed by atoms with van der Waals surface area (Å²) in [6.45, 7) is 2.93. The summed E-state index contributed by atoms with van der Waals surface area (Å²) in [5, 5.41) is 3.03. The summed E-state index contributed by atoms with van der Waals surface area (Å²) in [7, 11) is 3.80. The van der Waals surface area contributed by atoms with E-state index in [1.54, 1.807) is 0 Å². The van der Waals surface area contributed by atoms with Gasteiger partial charge in [-0.25, -0.2) is 9.37 Å². The zero-order valence-corrected chi connectivity index (χ0v) is 11.7. The van der Waals surface area contributed by atoms with Gasteiger partial charge in [0, 0.05) is 32.3 Å². The number of likely N-dealkylation sites (N-methyl/N-ethyl adjacent to an activating group) is 1. The van der Waals surface area contributed by atoms with E-state index in [1.807, 2.05) is 19.0 Å². The quantitative estimate of drug-likeness (QED) is 0.729. The first kappa shape index (κ1) is 14.2. The summed E-state index contributed by atoms with van der Waals surface area (Å²) in [6.07, 6.45) is 3.87. The van der Waals surface area contributed by atoms with Gasteiger partial charge in [0.2, 0.25) is 0 Å². The fourth-order valence-corrected chi connectivity index (χ4v) is 1.98. The summed E-state index contributed by atoms with van der Waals surface area (Å²) >= 11 is 0. The lowest BCUT2D eigenvalue weighted by molar-refractivity contribution is 0.130. The van der Waals surface area contributed by atoms with Gasteiger partial charge in [0.1, 0.15) is 11.6 Å². The third kappa shape index (κ3) is 4.44. The van der Waals surface area contributed by atoms with Gasteiger partial charge in [-0.1, -0.05) is 0 Å². The Morgan fingerprint density at radius 2 is 2.32 bits per heavy atom. The van der Waals surface area contributed by atoms with Crippen molar-refractivity contribution >= 4 is 5.82 Å². The summed E-state index contributed by atoms with van der Waals surface area (Å²) in [6, 6.07) is 1.53. The monoisotopic (exact) mass is 267 g/mol. The van der Waals surface area contributed by atoms with E-state index in [-0.39, 0.29) is 5.82 Å². The Balaban J connectivity index is 1.86. The van der Waals surface area contributed by atoms with E-state index in [1.165, 1.54) is 25.1 Å². The molecule has 0 atom stereocenters. The maximum absolute atomic E-state index is 13.2. The van der Waals surface area contributed by atoms with E-state index >= 15 is 0 Å². The number of anilines is 1. The Bertz CT molecular complexity index is 410.